The first-order valence-corrected chi connectivity index (χ1v) is 6.77. The normalized spacial score (nSPS) is 10.7. The average Bonchev–Trinajstić information content (AvgIpc) is 2.90. The molecule has 3 rings (SSSR count). The molecule has 0 radical (unpaired) electrons. The van der Waals surface area contributed by atoms with Crippen LogP contribution in [0.5, 0.6) is 11.5 Å². The van der Waals surface area contributed by atoms with E-state index in [4.69, 9.17) is 9.47 Å². The Balaban J connectivity index is 2.21. The average molecular weight is 313 g/mol. The summed E-state index contributed by atoms with van der Waals surface area (Å²) in [6.45, 7) is 3.29. The molecule has 23 heavy (non-hydrogen) atoms. The van der Waals surface area contributed by atoms with Gasteiger partial charge in [-0.05, 0) is 18.2 Å². The van der Waals surface area contributed by atoms with Gasteiger partial charge < -0.3 is 19.9 Å². The van der Waals surface area contributed by atoms with Crippen LogP contribution in [-0.4, -0.2) is 40.6 Å². The van der Waals surface area contributed by atoms with Crippen molar-refractivity contribution in [1.29, 1.82) is 0 Å². The molecule has 2 aromatic carbocycles. The summed E-state index contributed by atoms with van der Waals surface area (Å²) in [5.41, 5.74) is 1.87. The minimum atomic E-state index is 0.304. The van der Waals surface area contributed by atoms with Gasteiger partial charge in [-0.15, -0.1) is 0 Å². The number of ether oxygens (including phenoxy) is 2. The van der Waals surface area contributed by atoms with Gasteiger partial charge in [0.25, 0.3) is 0 Å². The van der Waals surface area contributed by atoms with Gasteiger partial charge in [0, 0.05) is 18.2 Å². The lowest BCUT2D eigenvalue weighted by Crippen LogP contribution is -1.97. The summed E-state index contributed by atoms with van der Waals surface area (Å²) in [5.74, 6) is 1.45. The van der Waals surface area contributed by atoms with Crippen LogP contribution in [0, 0.1) is 5.21 Å². The van der Waals surface area contributed by atoms with Gasteiger partial charge in [-0.3, -0.25) is 0 Å². The van der Waals surface area contributed by atoms with E-state index in [0.717, 1.165) is 4.73 Å². The molecule has 1 N–H and O–H groups in total. The third kappa shape index (κ3) is 2.42. The van der Waals surface area contributed by atoms with Crippen LogP contribution in [0.4, 0.5) is 5.69 Å². The van der Waals surface area contributed by atoms with Crippen LogP contribution in [0.15, 0.2) is 36.4 Å². The lowest BCUT2D eigenvalue weighted by molar-refractivity contribution is -0.349. The predicted molar refractivity (Wildman–Crippen MR) is 85.9 cm³/mol. The lowest BCUT2D eigenvalue weighted by Gasteiger charge is -2.09. The molecule has 0 saturated carbocycles. The molecule has 7 nitrogen and oxygen atoms in total. The summed E-state index contributed by atoms with van der Waals surface area (Å²) in [7, 11) is 3.09. The van der Waals surface area contributed by atoms with Gasteiger partial charge in [-0.25, -0.2) is 4.98 Å². The van der Waals surface area contributed by atoms with E-state index in [9.17, 15) is 10.4 Å². The molecule has 0 aliphatic carbocycles. The molecule has 0 aliphatic heterocycles. The highest BCUT2D eigenvalue weighted by Crippen LogP contribution is 2.34. The van der Waals surface area contributed by atoms with E-state index in [0.29, 0.717) is 44.3 Å². The molecular formula is C16H15N3O4. The van der Waals surface area contributed by atoms with Crippen molar-refractivity contribution in [3.8, 4) is 22.9 Å². The van der Waals surface area contributed by atoms with Crippen molar-refractivity contribution in [3.63, 3.8) is 0 Å². The van der Waals surface area contributed by atoms with Gasteiger partial charge in [-0.1, -0.05) is 0 Å². The van der Waals surface area contributed by atoms with Gasteiger partial charge in [0.1, 0.15) is 23.7 Å². The Hall–Kier alpha value is -3.22. The van der Waals surface area contributed by atoms with Crippen LogP contribution in [0.25, 0.3) is 22.4 Å². The monoisotopic (exact) mass is 313 g/mol. The van der Waals surface area contributed by atoms with E-state index >= 15 is 0 Å². The second-order valence-corrected chi connectivity index (χ2v) is 4.86. The van der Waals surface area contributed by atoms with Crippen LogP contribution >= 0.6 is 0 Å². The summed E-state index contributed by atoms with van der Waals surface area (Å²) < 4.78 is 11.9. The number of methoxy groups -OCH3 is 2. The maximum Gasteiger partial charge on any atom is 0.218 e. The van der Waals surface area contributed by atoms with Gasteiger partial charge in [0.05, 0.1) is 25.3 Å². The van der Waals surface area contributed by atoms with E-state index in [-0.39, 0.29) is 0 Å². The number of hydrogen-bond donors (Lipinski definition) is 1. The highest BCUT2D eigenvalue weighted by Gasteiger charge is 2.18. The highest BCUT2D eigenvalue weighted by molar-refractivity contribution is 5.83. The molecule has 0 spiro atoms. The van der Waals surface area contributed by atoms with Crippen molar-refractivity contribution in [2.45, 2.75) is 0 Å². The Morgan fingerprint density at radius 2 is 1.96 bits per heavy atom. The standard InChI is InChI=1S/C16H15N3O4/c1-18(20)10-4-7-13-14(8-10)19(21)16(17-13)12-6-5-11(22-2)9-15(12)23-3/h4-9,21H,1H2,2-3H3. The highest BCUT2D eigenvalue weighted by atomic mass is 16.5. The predicted octanol–water partition coefficient (Wildman–Crippen LogP) is 2.80. The first-order valence-electron chi connectivity index (χ1n) is 6.77. The number of fused-ring (bicyclic) bond motifs is 1. The Morgan fingerprint density at radius 1 is 1.17 bits per heavy atom. The zero-order valence-corrected chi connectivity index (χ0v) is 12.7. The zero-order valence-electron chi connectivity index (χ0n) is 12.7. The van der Waals surface area contributed by atoms with Crippen molar-refractivity contribution < 1.29 is 19.4 Å². The van der Waals surface area contributed by atoms with Crippen LogP contribution in [-0.2, 0) is 0 Å². The third-order valence-electron chi connectivity index (χ3n) is 3.55. The fourth-order valence-electron chi connectivity index (χ4n) is 2.36. The molecular weight excluding hydrogens is 298 g/mol. The molecule has 0 fully saturated rings. The molecule has 7 heteroatoms. The fourth-order valence-corrected chi connectivity index (χ4v) is 2.36. The summed E-state index contributed by atoms with van der Waals surface area (Å²) in [6.07, 6.45) is 0. The number of imidazole rings is 1. The molecule has 0 unspecified atom stereocenters. The van der Waals surface area contributed by atoms with Gasteiger partial charge in [0.2, 0.25) is 5.69 Å². The quantitative estimate of drug-likeness (QED) is 0.263. The van der Waals surface area contributed by atoms with Crippen LogP contribution in [0.3, 0.4) is 0 Å². The second kappa shape index (κ2) is 5.53. The molecule has 0 amide bonds. The molecule has 0 bridgehead atoms. The first-order chi connectivity index (χ1) is 11.0. The summed E-state index contributed by atoms with van der Waals surface area (Å²) >= 11 is 0. The van der Waals surface area contributed by atoms with Crippen molar-refractivity contribution in [2.24, 2.45) is 0 Å². The van der Waals surface area contributed by atoms with E-state index in [1.807, 2.05) is 0 Å². The number of nitrogens with zero attached hydrogens (tertiary/aromatic N) is 3. The topological polar surface area (TPSA) is 82.6 Å². The number of rotatable bonds is 4. The summed E-state index contributed by atoms with van der Waals surface area (Å²) in [6, 6.07) is 9.94. The minimum absolute atomic E-state index is 0.304. The van der Waals surface area contributed by atoms with E-state index in [2.05, 4.69) is 11.7 Å². The van der Waals surface area contributed by atoms with Crippen LogP contribution in [0.1, 0.15) is 0 Å². The molecule has 0 aliphatic rings. The van der Waals surface area contributed by atoms with Crippen molar-refractivity contribution in [3.05, 3.63) is 41.6 Å². The molecule has 3 aromatic rings. The maximum atomic E-state index is 11.3. The van der Waals surface area contributed by atoms with Gasteiger partial charge >= 0.3 is 0 Å². The summed E-state index contributed by atoms with van der Waals surface area (Å²) in [4.78, 5) is 4.40. The Labute approximate surface area is 132 Å². The second-order valence-electron chi connectivity index (χ2n) is 4.86. The molecule has 1 aromatic heterocycles. The van der Waals surface area contributed by atoms with Crippen molar-refractivity contribution >= 4 is 23.4 Å². The fraction of sp³-hybridized carbons (Fsp3) is 0.125. The molecule has 1 heterocycles. The first kappa shape index (κ1) is 14.7. The third-order valence-corrected chi connectivity index (χ3v) is 3.55. The Bertz CT molecular complexity index is 902. The number of aromatic nitrogens is 2. The molecule has 0 atom stereocenters. The Morgan fingerprint density at radius 3 is 2.61 bits per heavy atom. The van der Waals surface area contributed by atoms with Crippen LogP contribution in [0.2, 0.25) is 0 Å². The molecule has 118 valence electrons. The van der Waals surface area contributed by atoms with Crippen molar-refractivity contribution in [2.75, 3.05) is 14.2 Å². The number of hydrogen-bond acceptors (Lipinski definition) is 5. The largest absolute Gasteiger partial charge is 0.619 e. The maximum absolute atomic E-state index is 11.3. The Kier molecular flexibility index (Phi) is 3.53. The summed E-state index contributed by atoms with van der Waals surface area (Å²) in [5, 5.41) is 21.7. The number of benzene rings is 2. The van der Waals surface area contributed by atoms with Crippen LogP contribution < -0.4 is 9.47 Å². The minimum Gasteiger partial charge on any atom is -0.619 e. The SMILES string of the molecule is C=[N+]([O-])c1ccc2nc(-c3ccc(OC)cc3OC)n(O)c2c1. The van der Waals surface area contributed by atoms with Gasteiger partial charge in [-0.2, -0.15) is 9.47 Å². The van der Waals surface area contributed by atoms with E-state index in [1.54, 1.807) is 37.4 Å². The molecule has 0 saturated heterocycles. The van der Waals surface area contributed by atoms with E-state index in [1.165, 1.54) is 13.2 Å². The zero-order chi connectivity index (χ0) is 16.6. The van der Waals surface area contributed by atoms with Crippen molar-refractivity contribution in [1.82, 2.24) is 9.71 Å². The van der Waals surface area contributed by atoms with E-state index < -0.39 is 0 Å². The van der Waals surface area contributed by atoms with Gasteiger partial charge in [0.15, 0.2) is 5.82 Å². The lowest BCUT2D eigenvalue weighted by atomic mass is 10.2. The smallest absolute Gasteiger partial charge is 0.218 e.